The fourth-order valence-corrected chi connectivity index (χ4v) is 4.28. The van der Waals surface area contributed by atoms with Gasteiger partial charge in [0.15, 0.2) is 5.76 Å². The van der Waals surface area contributed by atoms with Gasteiger partial charge in [0.2, 0.25) is 5.91 Å². The monoisotopic (exact) mass is 402 g/mol. The van der Waals surface area contributed by atoms with Gasteiger partial charge in [-0.15, -0.1) is 0 Å². The van der Waals surface area contributed by atoms with Crippen molar-refractivity contribution < 1.29 is 14.0 Å². The summed E-state index contributed by atoms with van der Waals surface area (Å²) in [5.74, 6) is 0.253. The van der Waals surface area contributed by atoms with Crippen molar-refractivity contribution in [3.05, 3.63) is 84.3 Å². The van der Waals surface area contributed by atoms with Gasteiger partial charge in [-0.2, -0.15) is 0 Å². The van der Waals surface area contributed by atoms with E-state index in [9.17, 15) is 9.59 Å². The summed E-state index contributed by atoms with van der Waals surface area (Å²) in [5, 5.41) is 0. The third-order valence-corrected chi connectivity index (χ3v) is 5.59. The molecule has 0 saturated heterocycles. The predicted molar refractivity (Wildman–Crippen MR) is 118 cm³/mol. The van der Waals surface area contributed by atoms with E-state index < -0.39 is 0 Å². The number of hydrogen-bond acceptors (Lipinski definition) is 3. The summed E-state index contributed by atoms with van der Waals surface area (Å²) < 4.78 is 5.37. The Morgan fingerprint density at radius 2 is 1.77 bits per heavy atom. The van der Waals surface area contributed by atoms with E-state index in [-0.39, 0.29) is 23.9 Å². The zero-order valence-corrected chi connectivity index (χ0v) is 17.3. The molecular formula is C25H26N2O3. The minimum atomic E-state index is -0.162. The van der Waals surface area contributed by atoms with Gasteiger partial charge in [-0.25, -0.2) is 0 Å². The summed E-state index contributed by atoms with van der Waals surface area (Å²) in [4.78, 5) is 30.1. The molecule has 0 saturated carbocycles. The van der Waals surface area contributed by atoms with Crippen molar-refractivity contribution in [2.75, 3.05) is 9.80 Å². The SMILES string of the molecule is CCCC(=O)N(c1ccccc1)C1CC(C)N(C(=O)c2ccco2)c2ccccc21. The van der Waals surface area contributed by atoms with E-state index in [0.717, 1.165) is 23.4 Å². The number of anilines is 2. The smallest absolute Gasteiger partial charge is 0.294 e. The van der Waals surface area contributed by atoms with Crippen molar-refractivity contribution in [2.45, 2.75) is 45.2 Å². The molecule has 30 heavy (non-hydrogen) atoms. The highest BCUT2D eigenvalue weighted by atomic mass is 16.3. The van der Waals surface area contributed by atoms with Gasteiger partial charge in [0, 0.05) is 23.8 Å². The van der Waals surface area contributed by atoms with E-state index in [1.165, 1.54) is 6.26 Å². The lowest BCUT2D eigenvalue weighted by Gasteiger charge is -2.43. The van der Waals surface area contributed by atoms with Crippen LogP contribution in [0.15, 0.2) is 77.4 Å². The highest BCUT2D eigenvalue weighted by Crippen LogP contribution is 2.43. The molecular weight excluding hydrogens is 376 g/mol. The standard InChI is InChI=1S/C25H26N2O3/c1-3-10-24(28)27(19-11-5-4-6-12-19)22-17-18(2)26(21-14-8-7-13-20(21)22)25(29)23-15-9-16-30-23/h4-9,11-16,18,22H,3,10,17H2,1-2H3. The molecule has 2 amide bonds. The van der Waals surface area contributed by atoms with E-state index in [2.05, 4.69) is 0 Å². The normalized spacial score (nSPS) is 18.0. The van der Waals surface area contributed by atoms with E-state index in [1.54, 1.807) is 17.0 Å². The molecule has 0 bridgehead atoms. The van der Waals surface area contributed by atoms with Gasteiger partial charge in [0.25, 0.3) is 5.91 Å². The lowest BCUT2D eigenvalue weighted by molar-refractivity contribution is -0.119. The number of carbonyl (C=O) groups excluding carboxylic acids is 2. The Balaban J connectivity index is 1.79. The van der Waals surface area contributed by atoms with Crippen molar-refractivity contribution in [3.8, 4) is 0 Å². The average molecular weight is 402 g/mol. The van der Waals surface area contributed by atoms with Gasteiger partial charge in [-0.3, -0.25) is 9.59 Å². The van der Waals surface area contributed by atoms with Crippen LogP contribution in [0.2, 0.25) is 0 Å². The molecule has 0 aliphatic carbocycles. The number of furan rings is 1. The van der Waals surface area contributed by atoms with Gasteiger partial charge in [0.05, 0.1) is 12.3 Å². The molecule has 0 N–H and O–H groups in total. The summed E-state index contributed by atoms with van der Waals surface area (Å²) >= 11 is 0. The highest BCUT2D eigenvalue weighted by molar-refractivity contribution is 6.06. The maximum Gasteiger partial charge on any atom is 0.294 e. The number of hydrogen-bond donors (Lipinski definition) is 0. The lowest BCUT2D eigenvalue weighted by atomic mass is 9.89. The van der Waals surface area contributed by atoms with Crippen LogP contribution in [0.25, 0.3) is 0 Å². The zero-order valence-electron chi connectivity index (χ0n) is 17.3. The Bertz CT molecular complexity index is 1010. The molecule has 1 aromatic heterocycles. The minimum Gasteiger partial charge on any atom is -0.459 e. The summed E-state index contributed by atoms with van der Waals surface area (Å²) in [7, 11) is 0. The molecule has 1 aliphatic heterocycles. The first-order valence-electron chi connectivity index (χ1n) is 10.4. The van der Waals surface area contributed by atoms with E-state index in [0.29, 0.717) is 18.6 Å². The molecule has 0 fully saturated rings. The number of benzene rings is 2. The first-order chi connectivity index (χ1) is 14.6. The van der Waals surface area contributed by atoms with Crippen LogP contribution in [-0.4, -0.2) is 17.9 Å². The Hall–Kier alpha value is -3.34. The Morgan fingerprint density at radius 3 is 2.47 bits per heavy atom. The van der Waals surface area contributed by atoms with Crippen LogP contribution in [-0.2, 0) is 4.79 Å². The van der Waals surface area contributed by atoms with E-state index in [1.807, 2.05) is 73.3 Å². The third kappa shape index (κ3) is 3.63. The van der Waals surface area contributed by atoms with Crippen LogP contribution in [0.4, 0.5) is 11.4 Å². The van der Waals surface area contributed by atoms with Crippen LogP contribution in [0.3, 0.4) is 0 Å². The summed E-state index contributed by atoms with van der Waals surface area (Å²) in [6, 6.07) is 20.8. The molecule has 2 heterocycles. The Morgan fingerprint density at radius 1 is 1.03 bits per heavy atom. The molecule has 2 unspecified atom stereocenters. The maximum atomic E-state index is 13.2. The third-order valence-electron chi connectivity index (χ3n) is 5.59. The largest absolute Gasteiger partial charge is 0.459 e. The summed E-state index contributed by atoms with van der Waals surface area (Å²) in [5.41, 5.74) is 2.69. The van der Waals surface area contributed by atoms with Crippen LogP contribution in [0, 0.1) is 0 Å². The maximum absolute atomic E-state index is 13.2. The molecule has 0 radical (unpaired) electrons. The molecule has 2 atom stereocenters. The minimum absolute atomic E-state index is 0.0943. The topological polar surface area (TPSA) is 53.8 Å². The molecule has 5 heteroatoms. The van der Waals surface area contributed by atoms with Crippen molar-refractivity contribution in [2.24, 2.45) is 0 Å². The number of rotatable bonds is 5. The van der Waals surface area contributed by atoms with E-state index >= 15 is 0 Å². The van der Waals surface area contributed by atoms with Gasteiger partial charge in [-0.1, -0.05) is 43.3 Å². The zero-order chi connectivity index (χ0) is 21.1. The summed E-state index contributed by atoms with van der Waals surface area (Å²) in [6.45, 7) is 4.04. The second-order valence-corrected chi connectivity index (χ2v) is 7.66. The Kier molecular flexibility index (Phi) is 5.70. The van der Waals surface area contributed by atoms with Gasteiger partial charge >= 0.3 is 0 Å². The molecule has 2 aromatic carbocycles. The first kappa shape index (κ1) is 20.0. The average Bonchev–Trinajstić information content (AvgIpc) is 3.30. The number of carbonyl (C=O) groups is 2. The second-order valence-electron chi connectivity index (χ2n) is 7.66. The quantitative estimate of drug-likeness (QED) is 0.559. The van der Waals surface area contributed by atoms with Gasteiger partial charge < -0.3 is 14.2 Å². The predicted octanol–water partition coefficient (Wildman–Crippen LogP) is 5.59. The van der Waals surface area contributed by atoms with Gasteiger partial charge in [0.1, 0.15) is 0 Å². The van der Waals surface area contributed by atoms with Gasteiger partial charge in [-0.05, 0) is 55.7 Å². The number of fused-ring (bicyclic) bond motifs is 1. The van der Waals surface area contributed by atoms with Crippen molar-refractivity contribution >= 4 is 23.2 Å². The number of para-hydroxylation sites is 2. The fraction of sp³-hybridized carbons (Fsp3) is 0.280. The molecule has 4 rings (SSSR count). The molecule has 1 aliphatic rings. The number of amides is 2. The van der Waals surface area contributed by atoms with Crippen LogP contribution < -0.4 is 9.80 Å². The highest BCUT2D eigenvalue weighted by Gasteiger charge is 2.39. The fourth-order valence-electron chi connectivity index (χ4n) is 4.28. The first-order valence-corrected chi connectivity index (χ1v) is 10.4. The van der Waals surface area contributed by atoms with Crippen LogP contribution >= 0.6 is 0 Å². The summed E-state index contributed by atoms with van der Waals surface area (Å²) in [6.07, 6.45) is 3.43. The number of nitrogens with zero attached hydrogens (tertiary/aromatic N) is 2. The van der Waals surface area contributed by atoms with Crippen LogP contribution in [0.5, 0.6) is 0 Å². The van der Waals surface area contributed by atoms with Crippen molar-refractivity contribution in [1.29, 1.82) is 0 Å². The van der Waals surface area contributed by atoms with E-state index in [4.69, 9.17) is 4.42 Å². The molecule has 5 nitrogen and oxygen atoms in total. The van der Waals surface area contributed by atoms with Crippen molar-refractivity contribution in [3.63, 3.8) is 0 Å². The lowest BCUT2D eigenvalue weighted by Crippen LogP contribution is -2.47. The molecule has 154 valence electrons. The molecule has 0 spiro atoms. The molecule has 3 aromatic rings. The van der Waals surface area contributed by atoms with Crippen LogP contribution in [0.1, 0.15) is 55.3 Å². The second kappa shape index (κ2) is 8.57. The Labute approximate surface area is 176 Å². The van der Waals surface area contributed by atoms with Crippen molar-refractivity contribution in [1.82, 2.24) is 0 Å².